The van der Waals surface area contributed by atoms with Gasteiger partial charge in [0.05, 0.1) is 13.2 Å². The van der Waals surface area contributed by atoms with Gasteiger partial charge in [-0.25, -0.2) is 0 Å². The van der Waals surface area contributed by atoms with Crippen LogP contribution in [-0.4, -0.2) is 17.8 Å². The first-order valence-corrected chi connectivity index (χ1v) is 6.87. The van der Waals surface area contributed by atoms with E-state index in [9.17, 15) is 5.11 Å². The highest BCUT2D eigenvalue weighted by Crippen LogP contribution is 2.51. The Bertz CT molecular complexity index is 509. The number of phenolic OH excluding ortho intramolecular Hbond substituents is 1. The van der Waals surface area contributed by atoms with Gasteiger partial charge in [-0.05, 0) is 50.3 Å². The lowest BCUT2D eigenvalue weighted by Gasteiger charge is -2.48. The van der Waals surface area contributed by atoms with Gasteiger partial charge in [-0.15, -0.1) is 0 Å². The van der Waals surface area contributed by atoms with E-state index in [4.69, 9.17) is 9.57 Å². The van der Waals surface area contributed by atoms with E-state index in [0.29, 0.717) is 5.75 Å². The summed E-state index contributed by atoms with van der Waals surface area (Å²) in [4.78, 5) is 5.14. The van der Waals surface area contributed by atoms with Crippen LogP contribution >= 0.6 is 0 Å². The number of hydroxylamine groups is 1. The fraction of sp³-hybridized carbons (Fsp3) is 0.600. The molecule has 0 radical (unpaired) electrons. The third-order valence-corrected chi connectivity index (χ3v) is 4.52. The number of nitrogens with one attached hydrogen (secondary N) is 1. The molecule has 0 amide bonds. The van der Waals surface area contributed by atoms with Crippen LogP contribution in [-0.2, 0) is 4.84 Å². The molecular weight excluding hydrogens is 242 g/mol. The Kier molecular flexibility index (Phi) is 2.95. The fourth-order valence-corrected chi connectivity index (χ4v) is 3.34. The van der Waals surface area contributed by atoms with Crippen LogP contribution in [0.4, 0.5) is 0 Å². The fourth-order valence-electron chi connectivity index (χ4n) is 3.34. The minimum Gasteiger partial charge on any atom is -0.507 e. The molecule has 1 aliphatic heterocycles. The average molecular weight is 263 g/mol. The Hall–Kier alpha value is -1.26. The van der Waals surface area contributed by atoms with E-state index < -0.39 is 0 Å². The second-order valence-corrected chi connectivity index (χ2v) is 5.80. The van der Waals surface area contributed by atoms with Crippen molar-refractivity contribution in [2.45, 2.75) is 51.2 Å². The lowest BCUT2D eigenvalue weighted by Crippen LogP contribution is -2.49. The Balaban J connectivity index is 2.08. The topological polar surface area (TPSA) is 50.7 Å². The van der Waals surface area contributed by atoms with E-state index in [-0.39, 0.29) is 11.6 Å². The first-order valence-electron chi connectivity index (χ1n) is 6.87. The van der Waals surface area contributed by atoms with Crippen LogP contribution in [0.15, 0.2) is 6.07 Å². The summed E-state index contributed by atoms with van der Waals surface area (Å²) >= 11 is 0. The maximum Gasteiger partial charge on any atom is 0.125 e. The average Bonchev–Trinajstić information content (AvgIpc) is 2.34. The molecule has 2 N–H and O–H groups in total. The molecule has 0 bridgehead atoms. The van der Waals surface area contributed by atoms with Crippen LogP contribution in [0.5, 0.6) is 11.5 Å². The van der Waals surface area contributed by atoms with Crippen LogP contribution < -0.4 is 10.2 Å². The van der Waals surface area contributed by atoms with Crippen molar-refractivity contribution in [2.75, 3.05) is 7.11 Å². The van der Waals surface area contributed by atoms with Crippen molar-refractivity contribution < 1.29 is 14.7 Å². The molecule has 1 aliphatic carbocycles. The van der Waals surface area contributed by atoms with E-state index >= 15 is 0 Å². The number of hydrogen-bond donors (Lipinski definition) is 2. The summed E-state index contributed by atoms with van der Waals surface area (Å²) in [5, 5.41) is 10.1. The zero-order chi connectivity index (χ0) is 13.6. The summed E-state index contributed by atoms with van der Waals surface area (Å²) in [5.74, 6) is 1.25. The number of fused-ring (bicyclic) bond motifs is 1. The molecule has 4 heteroatoms. The quantitative estimate of drug-likeness (QED) is 0.806. The zero-order valence-electron chi connectivity index (χ0n) is 11.7. The predicted molar refractivity (Wildman–Crippen MR) is 72.3 cm³/mol. The first kappa shape index (κ1) is 12.8. The lowest BCUT2D eigenvalue weighted by atomic mass is 9.72. The van der Waals surface area contributed by atoms with E-state index in [1.807, 2.05) is 19.9 Å². The lowest BCUT2D eigenvalue weighted by molar-refractivity contribution is -0.0601. The van der Waals surface area contributed by atoms with Crippen LogP contribution in [0.25, 0.3) is 0 Å². The van der Waals surface area contributed by atoms with Crippen molar-refractivity contribution >= 4 is 0 Å². The molecule has 2 aliphatic rings. The van der Waals surface area contributed by atoms with Crippen LogP contribution in [0.2, 0.25) is 0 Å². The molecule has 104 valence electrons. The third-order valence-electron chi connectivity index (χ3n) is 4.52. The molecule has 1 aromatic rings. The van der Waals surface area contributed by atoms with Gasteiger partial charge in [0.15, 0.2) is 0 Å². The second-order valence-electron chi connectivity index (χ2n) is 5.80. The molecule has 4 nitrogen and oxygen atoms in total. The second kappa shape index (κ2) is 4.39. The van der Waals surface area contributed by atoms with Crippen LogP contribution in [0.3, 0.4) is 0 Å². The van der Waals surface area contributed by atoms with Gasteiger partial charge in [0, 0.05) is 12.0 Å². The number of aromatic hydroxyl groups is 1. The predicted octanol–water partition coefficient (Wildman–Crippen LogP) is 2.91. The van der Waals surface area contributed by atoms with Crippen molar-refractivity contribution in [3.63, 3.8) is 0 Å². The number of rotatable bonds is 2. The smallest absolute Gasteiger partial charge is 0.125 e. The van der Waals surface area contributed by atoms with Gasteiger partial charge in [-0.1, -0.05) is 0 Å². The van der Waals surface area contributed by atoms with E-state index in [0.717, 1.165) is 41.7 Å². The minimum atomic E-state index is -0.0287. The van der Waals surface area contributed by atoms with Gasteiger partial charge in [0.1, 0.15) is 17.1 Å². The number of ether oxygens (including phenoxy) is 1. The van der Waals surface area contributed by atoms with E-state index in [2.05, 4.69) is 5.48 Å². The van der Waals surface area contributed by atoms with Crippen molar-refractivity contribution in [3.8, 4) is 11.5 Å². The summed E-state index contributed by atoms with van der Waals surface area (Å²) in [6.07, 6.45) is 4.34. The monoisotopic (exact) mass is 263 g/mol. The van der Waals surface area contributed by atoms with E-state index in [1.54, 1.807) is 7.11 Å². The van der Waals surface area contributed by atoms with Gasteiger partial charge < -0.3 is 14.7 Å². The largest absolute Gasteiger partial charge is 0.507 e. The van der Waals surface area contributed by atoms with Gasteiger partial charge >= 0.3 is 0 Å². The van der Waals surface area contributed by atoms with Crippen molar-refractivity contribution in [2.24, 2.45) is 0 Å². The Labute approximate surface area is 113 Å². The van der Waals surface area contributed by atoms with Gasteiger partial charge in [0.2, 0.25) is 0 Å². The minimum absolute atomic E-state index is 0.0287. The van der Waals surface area contributed by atoms with Crippen LogP contribution in [0, 0.1) is 13.8 Å². The molecule has 0 saturated heterocycles. The molecule has 0 unspecified atom stereocenters. The molecule has 1 aromatic carbocycles. The summed E-state index contributed by atoms with van der Waals surface area (Å²) in [5.41, 5.74) is 5.81. The SMILES string of the molecule is CON[C@H]1CC2(CCC2)Oc2cc(C)c(O)c(C)c21. The summed E-state index contributed by atoms with van der Waals surface area (Å²) < 4.78 is 6.24. The molecule has 1 fully saturated rings. The summed E-state index contributed by atoms with van der Waals surface area (Å²) in [7, 11) is 1.63. The van der Waals surface area contributed by atoms with Crippen molar-refractivity contribution in [1.82, 2.24) is 5.48 Å². The maximum absolute atomic E-state index is 10.1. The van der Waals surface area contributed by atoms with Crippen molar-refractivity contribution in [3.05, 3.63) is 22.8 Å². The number of hydrogen-bond acceptors (Lipinski definition) is 4. The van der Waals surface area contributed by atoms with Gasteiger partial charge in [-0.3, -0.25) is 0 Å². The Morgan fingerprint density at radius 2 is 2.16 bits per heavy atom. The Morgan fingerprint density at radius 1 is 1.42 bits per heavy atom. The summed E-state index contributed by atoms with van der Waals surface area (Å²) in [6, 6.07) is 2.03. The maximum atomic E-state index is 10.1. The molecule has 1 heterocycles. The van der Waals surface area contributed by atoms with Gasteiger partial charge in [-0.2, -0.15) is 5.48 Å². The molecule has 1 atom stereocenters. The first-order chi connectivity index (χ1) is 9.06. The zero-order valence-corrected chi connectivity index (χ0v) is 11.7. The molecule has 0 aromatic heterocycles. The highest BCUT2D eigenvalue weighted by Gasteiger charge is 2.46. The van der Waals surface area contributed by atoms with Crippen LogP contribution in [0.1, 0.15) is 48.4 Å². The molecular formula is C15H21NO3. The number of phenols is 1. The normalized spacial score (nSPS) is 23.6. The number of aryl methyl sites for hydroxylation is 1. The highest BCUT2D eigenvalue weighted by atomic mass is 16.6. The Morgan fingerprint density at radius 3 is 2.74 bits per heavy atom. The molecule has 3 rings (SSSR count). The number of benzene rings is 1. The molecule has 1 saturated carbocycles. The third kappa shape index (κ3) is 1.90. The molecule has 1 spiro atoms. The standard InChI is InChI=1S/C15H21NO3/c1-9-7-12-13(10(2)14(9)17)11(16-18-3)8-15(19-12)5-4-6-15/h7,11,16-17H,4-6,8H2,1-3H3/t11-/m0/s1. The van der Waals surface area contributed by atoms with E-state index in [1.165, 1.54) is 6.42 Å². The molecule has 19 heavy (non-hydrogen) atoms. The van der Waals surface area contributed by atoms with Crippen molar-refractivity contribution in [1.29, 1.82) is 0 Å². The summed E-state index contributed by atoms with van der Waals surface area (Å²) in [6.45, 7) is 3.85. The van der Waals surface area contributed by atoms with Gasteiger partial charge in [0.25, 0.3) is 0 Å². The highest BCUT2D eigenvalue weighted by molar-refractivity contribution is 5.54.